The number of ether oxygens (including phenoxy) is 1. The van der Waals surface area contributed by atoms with Gasteiger partial charge in [0.2, 0.25) is 0 Å². The predicted molar refractivity (Wildman–Crippen MR) is 109 cm³/mol. The minimum Gasteiger partial charge on any atom is -0.449 e. The quantitative estimate of drug-likeness (QED) is 0.448. The number of hydrogen-bond donors (Lipinski definition) is 1. The van der Waals surface area contributed by atoms with E-state index in [-0.39, 0.29) is 0 Å². The maximum Gasteiger partial charge on any atom is 0.416 e. The second-order valence-corrected chi connectivity index (χ2v) is 6.55. The van der Waals surface area contributed by atoms with Crippen LogP contribution in [-0.4, -0.2) is 18.0 Å². The van der Waals surface area contributed by atoms with E-state index in [1.165, 1.54) is 25.1 Å². The molecule has 0 aromatic heterocycles. The lowest BCUT2D eigenvalue weighted by molar-refractivity contribution is -0.148. The van der Waals surface area contributed by atoms with Gasteiger partial charge in [0.25, 0.3) is 5.91 Å². The van der Waals surface area contributed by atoms with E-state index in [1.807, 2.05) is 30.3 Å². The van der Waals surface area contributed by atoms with Crippen LogP contribution in [0.25, 0.3) is 16.8 Å². The highest BCUT2D eigenvalue weighted by atomic mass is 19.4. The number of esters is 1. The van der Waals surface area contributed by atoms with Gasteiger partial charge in [-0.3, -0.25) is 4.79 Å². The summed E-state index contributed by atoms with van der Waals surface area (Å²) in [6, 6.07) is 17.3. The first-order chi connectivity index (χ1) is 14.2. The second kappa shape index (κ2) is 8.82. The van der Waals surface area contributed by atoms with Crippen LogP contribution in [0, 0.1) is 0 Å². The van der Waals surface area contributed by atoms with Crippen molar-refractivity contribution in [2.75, 3.05) is 5.32 Å². The molecule has 154 valence electrons. The minimum atomic E-state index is -4.42. The van der Waals surface area contributed by atoms with Crippen LogP contribution in [-0.2, 0) is 20.5 Å². The molecule has 1 N–H and O–H groups in total. The van der Waals surface area contributed by atoms with Gasteiger partial charge in [0.05, 0.1) is 5.56 Å². The third kappa shape index (κ3) is 5.26. The molecule has 0 bridgehead atoms. The molecule has 0 aliphatic rings. The lowest BCUT2D eigenvalue weighted by Crippen LogP contribution is -2.29. The summed E-state index contributed by atoms with van der Waals surface area (Å²) in [5.74, 6) is -1.28. The Balaban J connectivity index is 1.59. The number of anilines is 1. The third-order valence-electron chi connectivity index (χ3n) is 4.36. The molecule has 3 rings (SSSR count). The average molecular weight is 413 g/mol. The molecular weight excluding hydrogens is 395 g/mol. The summed E-state index contributed by atoms with van der Waals surface area (Å²) < 4.78 is 42.8. The molecule has 0 fully saturated rings. The number of amides is 1. The Morgan fingerprint density at radius 2 is 1.63 bits per heavy atom. The number of fused-ring (bicyclic) bond motifs is 1. The van der Waals surface area contributed by atoms with Crippen molar-refractivity contribution >= 4 is 34.4 Å². The Morgan fingerprint density at radius 1 is 0.967 bits per heavy atom. The number of benzene rings is 3. The first kappa shape index (κ1) is 21.1. The monoisotopic (exact) mass is 413 g/mol. The van der Waals surface area contributed by atoms with Crippen LogP contribution in [0.4, 0.5) is 18.9 Å². The molecule has 0 spiro atoms. The summed E-state index contributed by atoms with van der Waals surface area (Å²) in [6.45, 7) is 1.43. The van der Waals surface area contributed by atoms with Crippen molar-refractivity contribution in [3.8, 4) is 0 Å². The van der Waals surface area contributed by atoms with Crippen molar-refractivity contribution in [3.63, 3.8) is 0 Å². The van der Waals surface area contributed by atoms with E-state index in [4.69, 9.17) is 4.74 Å². The SMILES string of the molecule is C[C@@H](OC(=O)/C=C/c1ccc(C(F)(F)F)cc1)C(=O)Nc1cccc2ccccc12. The van der Waals surface area contributed by atoms with Crippen LogP contribution in [0.15, 0.2) is 72.8 Å². The highest BCUT2D eigenvalue weighted by molar-refractivity contribution is 6.04. The first-order valence-electron chi connectivity index (χ1n) is 9.08. The Labute approximate surface area is 171 Å². The summed E-state index contributed by atoms with van der Waals surface area (Å²) in [4.78, 5) is 24.3. The molecular formula is C23H18F3NO3. The minimum absolute atomic E-state index is 0.396. The van der Waals surface area contributed by atoms with Gasteiger partial charge in [0.1, 0.15) is 0 Å². The van der Waals surface area contributed by atoms with Gasteiger partial charge in [-0.05, 0) is 42.1 Å². The van der Waals surface area contributed by atoms with Crippen molar-refractivity contribution in [1.29, 1.82) is 0 Å². The molecule has 3 aromatic carbocycles. The van der Waals surface area contributed by atoms with Crippen LogP contribution in [0.2, 0.25) is 0 Å². The van der Waals surface area contributed by atoms with Gasteiger partial charge in [-0.15, -0.1) is 0 Å². The molecule has 0 aliphatic heterocycles. The van der Waals surface area contributed by atoms with Gasteiger partial charge < -0.3 is 10.1 Å². The zero-order valence-electron chi connectivity index (χ0n) is 15.9. The van der Waals surface area contributed by atoms with E-state index in [9.17, 15) is 22.8 Å². The second-order valence-electron chi connectivity index (χ2n) is 6.55. The van der Waals surface area contributed by atoms with Crippen molar-refractivity contribution in [3.05, 3.63) is 83.9 Å². The molecule has 1 atom stereocenters. The number of hydrogen-bond acceptors (Lipinski definition) is 3. The van der Waals surface area contributed by atoms with E-state index in [0.717, 1.165) is 29.0 Å². The third-order valence-corrected chi connectivity index (χ3v) is 4.36. The summed E-state index contributed by atoms with van der Waals surface area (Å²) in [6.07, 6.45) is -3.11. The van der Waals surface area contributed by atoms with Gasteiger partial charge in [-0.1, -0.05) is 48.5 Å². The maximum atomic E-state index is 12.6. The van der Waals surface area contributed by atoms with Gasteiger partial charge in [0.15, 0.2) is 6.10 Å². The summed E-state index contributed by atoms with van der Waals surface area (Å²) in [5.41, 5.74) is 0.218. The Hall–Kier alpha value is -3.61. The fraction of sp³-hybridized carbons (Fsp3) is 0.130. The number of alkyl halides is 3. The molecule has 0 saturated heterocycles. The first-order valence-corrected chi connectivity index (χ1v) is 9.08. The Morgan fingerprint density at radius 3 is 2.33 bits per heavy atom. The lowest BCUT2D eigenvalue weighted by Gasteiger charge is -2.14. The lowest BCUT2D eigenvalue weighted by atomic mass is 10.1. The largest absolute Gasteiger partial charge is 0.449 e. The molecule has 7 heteroatoms. The highest BCUT2D eigenvalue weighted by Crippen LogP contribution is 2.29. The number of carbonyl (C=O) groups excluding carboxylic acids is 2. The Kier molecular flexibility index (Phi) is 6.20. The van der Waals surface area contributed by atoms with Crippen LogP contribution in [0.1, 0.15) is 18.1 Å². The van der Waals surface area contributed by atoms with E-state index in [1.54, 1.807) is 12.1 Å². The fourth-order valence-electron chi connectivity index (χ4n) is 2.78. The zero-order valence-corrected chi connectivity index (χ0v) is 15.9. The summed E-state index contributed by atoms with van der Waals surface area (Å²) in [5, 5.41) is 4.55. The van der Waals surface area contributed by atoms with E-state index in [0.29, 0.717) is 11.3 Å². The van der Waals surface area contributed by atoms with Gasteiger partial charge >= 0.3 is 12.1 Å². The maximum absolute atomic E-state index is 12.6. The van der Waals surface area contributed by atoms with Crippen molar-refractivity contribution in [1.82, 2.24) is 0 Å². The topological polar surface area (TPSA) is 55.4 Å². The molecule has 30 heavy (non-hydrogen) atoms. The standard InChI is InChI=1S/C23H18F3NO3/c1-15(22(29)27-20-8-4-6-17-5-2-3-7-19(17)20)30-21(28)14-11-16-9-12-18(13-10-16)23(24,25)26/h2-15H,1H3,(H,27,29)/b14-11+/t15-/m1/s1. The van der Waals surface area contributed by atoms with Crippen LogP contribution < -0.4 is 5.32 Å². The molecule has 0 unspecified atom stereocenters. The van der Waals surface area contributed by atoms with Crippen LogP contribution >= 0.6 is 0 Å². The van der Waals surface area contributed by atoms with Gasteiger partial charge in [0, 0.05) is 17.1 Å². The zero-order chi connectivity index (χ0) is 21.7. The predicted octanol–water partition coefficient (Wildman–Crippen LogP) is 5.44. The average Bonchev–Trinajstić information content (AvgIpc) is 2.72. The van der Waals surface area contributed by atoms with E-state index < -0.39 is 29.7 Å². The molecule has 1 amide bonds. The highest BCUT2D eigenvalue weighted by Gasteiger charge is 2.29. The van der Waals surface area contributed by atoms with Crippen molar-refractivity contribution in [2.45, 2.75) is 19.2 Å². The normalized spacial score (nSPS) is 12.7. The van der Waals surface area contributed by atoms with Crippen molar-refractivity contribution < 1.29 is 27.5 Å². The molecule has 3 aromatic rings. The molecule has 0 heterocycles. The number of carbonyl (C=O) groups is 2. The molecule has 4 nitrogen and oxygen atoms in total. The van der Waals surface area contributed by atoms with Crippen molar-refractivity contribution in [2.24, 2.45) is 0 Å². The summed E-state index contributed by atoms with van der Waals surface area (Å²) in [7, 11) is 0. The Bertz CT molecular complexity index is 1080. The number of halogens is 3. The molecule has 0 aliphatic carbocycles. The van der Waals surface area contributed by atoms with E-state index >= 15 is 0 Å². The van der Waals surface area contributed by atoms with Gasteiger partial charge in [-0.2, -0.15) is 13.2 Å². The van der Waals surface area contributed by atoms with E-state index in [2.05, 4.69) is 5.32 Å². The molecule has 0 radical (unpaired) electrons. The molecule has 0 saturated carbocycles. The number of nitrogens with one attached hydrogen (secondary N) is 1. The van der Waals surface area contributed by atoms with Crippen LogP contribution in [0.3, 0.4) is 0 Å². The fourth-order valence-corrected chi connectivity index (χ4v) is 2.78. The number of rotatable bonds is 5. The van der Waals surface area contributed by atoms with Gasteiger partial charge in [-0.25, -0.2) is 4.79 Å². The van der Waals surface area contributed by atoms with Crippen LogP contribution in [0.5, 0.6) is 0 Å². The smallest absolute Gasteiger partial charge is 0.416 e. The summed E-state index contributed by atoms with van der Waals surface area (Å²) >= 11 is 0.